The van der Waals surface area contributed by atoms with Gasteiger partial charge in [0.25, 0.3) is 0 Å². The summed E-state index contributed by atoms with van der Waals surface area (Å²) in [6.45, 7) is 9.52. The van der Waals surface area contributed by atoms with E-state index in [4.69, 9.17) is 0 Å². The minimum absolute atomic E-state index is 0.882. The normalized spacial score (nSPS) is 12.8. The van der Waals surface area contributed by atoms with Crippen molar-refractivity contribution in [1.29, 1.82) is 0 Å². The Hall–Kier alpha value is 0.430. The molecular formula is C20H45P. The van der Waals surface area contributed by atoms with Crippen LogP contribution in [0.5, 0.6) is 0 Å². The molecule has 130 valence electrons. The molecule has 1 heteroatoms. The van der Waals surface area contributed by atoms with Crippen LogP contribution in [0, 0.1) is 0 Å². The van der Waals surface area contributed by atoms with E-state index in [9.17, 15) is 0 Å². The van der Waals surface area contributed by atoms with Crippen LogP contribution in [-0.4, -0.2) is 24.6 Å². The van der Waals surface area contributed by atoms with E-state index in [2.05, 4.69) is 27.7 Å². The predicted molar refractivity (Wildman–Crippen MR) is 106 cm³/mol. The fourth-order valence-corrected chi connectivity index (χ4v) is 9.83. The van der Waals surface area contributed by atoms with Gasteiger partial charge in [-0.25, -0.2) is 0 Å². The van der Waals surface area contributed by atoms with E-state index < -0.39 is 7.26 Å². The van der Waals surface area contributed by atoms with E-state index in [1.165, 1.54) is 70.6 Å². The molecule has 0 spiro atoms. The molecule has 0 atom stereocenters. The Kier molecular flexibility index (Phi) is 15.6. The number of rotatable bonds is 16. The van der Waals surface area contributed by atoms with Crippen molar-refractivity contribution in [3.8, 4) is 0 Å². The summed E-state index contributed by atoms with van der Waals surface area (Å²) in [5, 5.41) is 0. The van der Waals surface area contributed by atoms with E-state index in [1.807, 2.05) is 0 Å². The second kappa shape index (κ2) is 15.3. The Morgan fingerprint density at radius 3 is 1.14 bits per heavy atom. The SMILES string of the molecule is CCCCCCCCCCC[PH](CCC)(CCC)CCC. The maximum atomic E-state index is 2.41. The van der Waals surface area contributed by atoms with E-state index in [-0.39, 0.29) is 0 Å². The number of hydrogen-bond acceptors (Lipinski definition) is 0. The molecule has 21 heavy (non-hydrogen) atoms. The molecule has 0 aromatic rings. The topological polar surface area (TPSA) is 0 Å². The Balaban J connectivity index is 3.76. The number of hydrogen-bond donors (Lipinski definition) is 0. The molecule has 0 N–H and O–H groups in total. The van der Waals surface area contributed by atoms with Gasteiger partial charge in [0.15, 0.2) is 0 Å². The van der Waals surface area contributed by atoms with E-state index in [1.54, 1.807) is 31.1 Å². The van der Waals surface area contributed by atoms with Crippen LogP contribution < -0.4 is 0 Å². The molecule has 0 saturated carbocycles. The van der Waals surface area contributed by atoms with Crippen molar-refractivity contribution >= 4 is 7.26 Å². The van der Waals surface area contributed by atoms with Gasteiger partial charge in [-0.2, -0.15) is 0 Å². The van der Waals surface area contributed by atoms with E-state index in [0.717, 1.165) is 0 Å². The van der Waals surface area contributed by atoms with E-state index >= 15 is 0 Å². The van der Waals surface area contributed by atoms with Crippen LogP contribution in [0.2, 0.25) is 0 Å². The summed E-state index contributed by atoms with van der Waals surface area (Å²) >= 11 is 0. The van der Waals surface area contributed by atoms with Crippen LogP contribution >= 0.6 is 7.26 Å². The molecule has 0 heterocycles. The molecule has 0 bridgehead atoms. The molecule has 0 saturated heterocycles. The van der Waals surface area contributed by atoms with Gasteiger partial charge in [-0.15, -0.1) is 0 Å². The summed E-state index contributed by atoms with van der Waals surface area (Å²) in [6.07, 6.45) is 24.1. The fourth-order valence-electron chi connectivity index (χ4n) is 4.15. The van der Waals surface area contributed by atoms with Gasteiger partial charge in [-0.1, -0.05) is 0 Å². The first-order valence-corrected chi connectivity index (χ1v) is 13.1. The first-order chi connectivity index (χ1) is 10.2. The zero-order chi connectivity index (χ0) is 15.8. The van der Waals surface area contributed by atoms with Gasteiger partial charge >= 0.3 is 137 Å². The summed E-state index contributed by atoms with van der Waals surface area (Å²) < 4.78 is 0. The van der Waals surface area contributed by atoms with Gasteiger partial charge in [-0.3, -0.25) is 0 Å². The monoisotopic (exact) mass is 316 g/mol. The summed E-state index contributed by atoms with van der Waals surface area (Å²) in [5.41, 5.74) is 0. The van der Waals surface area contributed by atoms with Crippen LogP contribution in [0.3, 0.4) is 0 Å². The van der Waals surface area contributed by atoms with Gasteiger partial charge in [0.1, 0.15) is 0 Å². The van der Waals surface area contributed by atoms with Crippen molar-refractivity contribution in [1.82, 2.24) is 0 Å². The molecule has 0 aromatic heterocycles. The molecule has 0 fully saturated rings. The molecule has 0 aromatic carbocycles. The first kappa shape index (κ1) is 21.4. The van der Waals surface area contributed by atoms with Crippen LogP contribution in [0.15, 0.2) is 0 Å². The molecule has 0 rings (SSSR count). The second-order valence-electron chi connectivity index (χ2n) is 7.33. The zero-order valence-corrected chi connectivity index (χ0v) is 16.8. The summed E-state index contributed by atoms with van der Waals surface area (Å²) in [7, 11) is -0.882. The second-order valence-corrected chi connectivity index (χ2v) is 12.3. The third kappa shape index (κ3) is 11.6. The zero-order valence-electron chi connectivity index (χ0n) is 15.8. The number of unbranched alkanes of at least 4 members (excludes halogenated alkanes) is 8. The average molecular weight is 317 g/mol. The van der Waals surface area contributed by atoms with Crippen LogP contribution in [0.4, 0.5) is 0 Å². The van der Waals surface area contributed by atoms with Gasteiger partial charge in [0.2, 0.25) is 0 Å². The quantitative estimate of drug-likeness (QED) is 0.204. The maximum absolute atomic E-state index is 2.41. The molecule has 0 unspecified atom stereocenters. The predicted octanol–water partition coefficient (Wildman–Crippen LogP) is 7.50. The molecule has 0 aliphatic heterocycles. The molecular weight excluding hydrogens is 271 g/mol. The Morgan fingerprint density at radius 1 is 0.381 bits per heavy atom. The minimum atomic E-state index is -0.882. The van der Waals surface area contributed by atoms with Crippen molar-refractivity contribution in [2.75, 3.05) is 24.6 Å². The van der Waals surface area contributed by atoms with Crippen molar-refractivity contribution in [3.05, 3.63) is 0 Å². The summed E-state index contributed by atoms with van der Waals surface area (Å²) in [4.78, 5) is 0. The molecule has 0 nitrogen and oxygen atoms in total. The Labute approximate surface area is 137 Å². The van der Waals surface area contributed by atoms with Crippen molar-refractivity contribution in [3.63, 3.8) is 0 Å². The summed E-state index contributed by atoms with van der Waals surface area (Å²) in [5.74, 6) is 0. The van der Waals surface area contributed by atoms with Crippen molar-refractivity contribution in [2.24, 2.45) is 0 Å². The van der Waals surface area contributed by atoms with E-state index in [0.29, 0.717) is 0 Å². The van der Waals surface area contributed by atoms with Crippen molar-refractivity contribution in [2.45, 2.75) is 105 Å². The van der Waals surface area contributed by atoms with Crippen LogP contribution in [0.1, 0.15) is 105 Å². The molecule has 0 aliphatic carbocycles. The van der Waals surface area contributed by atoms with Crippen LogP contribution in [-0.2, 0) is 0 Å². The summed E-state index contributed by atoms with van der Waals surface area (Å²) in [6, 6.07) is 0. The molecule has 0 radical (unpaired) electrons. The van der Waals surface area contributed by atoms with Gasteiger partial charge in [0, 0.05) is 0 Å². The third-order valence-electron chi connectivity index (χ3n) is 5.15. The molecule has 0 amide bonds. The average Bonchev–Trinajstić information content (AvgIpc) is 2.46. The van der Waals surface area contributed by atoms with Gasteiger partial charge in [-0.05, 0) is 0 Å². The first-order valence-electron chi connectivity index (χ1n) is 10.2. The standard InChI is InChI=1S/C20H45P/c1-5-9-10-11-12-13-14-15-16-20-21(17-6-2,18-7-3)19-8-4/h21H,5-20H2,1-4H3. The van der Waals surface area contributed by atoms with Crippen LogP contribution in [0.25, 0.3) is 0 Å². The molecule has 0 aliphatic rings. The van der Waals surface area contributed by atoms with Crippen molar-refractivity contribution < 1.29 is 0 Å². The van der Waals surface area contributed by atoms with Gasteiger partial charge in [0.05, 0.1) is 0 Å². The third-order valence-corrected chi connectivity index (χ3v) is 11.2. The Bertz CT molecular complexity index is 183. The fraction of sp³-hybridized carbons (Fsp3) is 1.00. The van der Waals surface area contributed by atoms with Gasteiger partial charge < -0.3 is 0 Å². The Morgan fingerprint density at radius 2 is 0.762 bits per heavy atom.